The van der Waals surface area contributed by atoms with Crippen molar-refractivity contribution in [2.75, 3.05) is 13.1 Å². The molecule has 4 heteroatoms. The topological polar surface area (TPSA) is 42.7 Å². The van der Waals surface area contributed by atoms with Crippen LogP contribution in [0.1, 0.15) is 18.0 Å². The number of benzene rings is 1. The van der Waals surface area contributed by atoms with Crippen LogP contribution < -0.4 is 5.32 Å². The summed E-state index contributed by atoms with van der Waals surface area (Å²) in [4.78, 5) is 0. The molecule has 1 saturated heterocycles. The number of nitrogens with zero attached hydrogens (tertiary/aromatic N) is 3. The highest BCUT2D eigenvalue weighted by Gasteiger charge is 2.19. The molecule has 4 nitrogen and oxygen atoms in total. The van der Waals surface area contributed by atoms with Gasteiger partial charge in [0.25, 0.3) is 0 Å². The highest BCUT2D eigenvalue weighted by atomic mass is 15.4. The Bertz CT molecular complexity index is 457. The first-order valence-electron chi connectivity index (χ1n) is 5.62. The number of nitrogens with one attached hydrogen (secondary N) is 1. The number of hydrogen-bond donors (Lipinski definition) is 1. The molecule has 2 heterocycles. The van der Waals surface area contributed by atoms with Crippen LogP contribution in [-0.4, -0.2) is 28.1 Å². The van der Waals surface area contributed by atoms with Crippen molar-refractivity contribution in [1.29, 1.82) is 0 Å². The Morgan fingerprint density at radius 2 is 2.12 bits per heavy atom. The van der Waals surface area contributed by atoms with Crippen molar-refractivity contribution in [3.05, 3.63) is 42.2 Å². The average molecular weight is 214 g/mol. The second kappa shape index (κ2) is 4.06. The lowest BCUT2D eigenvalue weighted by molar-refractivity contribution is 0.724. The summed E-state index contributed by atoms with van der Waals surface area (Å²) in [5, 5.41) is 11.8. The molecule has 0 saturated carbocycles. The molecule has 1 aliphatic heterocycles. The molecule has 0 bridgehead atoms. The smallest absolute Gasteiger partial charge is 0.0875 e. The summed E-state index contributed by atoms with van der Waals surface area (Å²) in [6.45, 7) is 2.11. The molecule has 2 aromatic rings. The van der Waals surface area contributed by atoms with Gasteiger partial charge >= 0.3 is 0 Å². The van der Waals surface area contributed by atoms with E-state index in [1.165, 1.54) is 0 Å². The van der Waals surface area contributed by atoms with Gasteiger partial charge in [-0.3, -0.25) is 0 Å². The van der Waals surface area contributed by atoms with Crippen LogP contribution in [0.2, 0.25) is 0 Å². The molecular weight excluding hydrogens is 200 g/mol. The molecule has 0 spiro atoms. The SMILES string of the molecule is c1ccc(-n2cc(C3CCNC3)nn2)cc1. The number of aromatic nitrogens is 3. The first kappa shape index (κ1) is 9.54. The van der Waals surface area contributed by atoms with Crippen LogP contribution >= 0.6 is 0 Å². The van der Waals surface area contributed by atoms with Crippen LogP contribution in [0.5, 0.6) is 0 Å². The van der Waals surface area contributed by atoms with Crippen LogP contribution in [-0.2, 0) is 0 Å². The molecule has 1 unspecified atom stereocenters. The van der Waals surface area contributed by atoms with Crippen molar-refractivity contribution < 1.29 is 0 Å². The van der Waals surface area contributed by atoms with E-state index in [9.17, 15) is 0 Å². The van der Waals surface area contributed by atoms with Crippen molar-refractivity contribution in [1.82, 2.24) is 20.3 Å². The van der Waals surface area contributed by atoms with Gasteiger partial charge in [0, 0.05) is 12.5 Å². The van der Waals surface area contributed by atoms with Crippen LogP contribution in [0.15, 0.2) is 36.5 Å². The fraction of sp³-hybridized carbons (Fsp3) is 0.333. The zero-order valence-corrected chi connectivity index (χ0v) is 9.00. The van der Waals surface area contributed by atoms with E-state index in [1.807, 2.05) is 41.2 Å². The first-order chi connectivity index (χ1) is 7.93. The van der Waals surface area contributed by atoms with E-state index < -0.39 is 0 Å². The van der Waals surface area contributed by atoms with Crippen molar-refractivity contribution in [2.45, 2.75) is 12.3 Å². The molecule has 16 heavy (non-hydrogen) atoms. The Labute approximate surface area is 94.3 Å². The van der Waals surface area contributed by atoms with Gasteiger partial charge in [0.15, 0.2) is 0 Å². The summed E-state index contributed by atoms with van der Waals surface area (Å²) < 4.78 is 1.84. The monoisotopic (exact) mass is 214 g/mol. The largest absolute Gasteiger partial charge is 0.316 e. The van der Waals surface area contributed by atoms with E-state index in [4.69, 9.17) is 0 Å². The fourth-order valence-electron chi connectivity index (χ4n) is 2.08. The third-order valence-electron chi connectivity index (χ3n) is 3.01. The molecule has 1 aromatic carbocycles. The molecule has 1 fully saturated rings. The Morgan fingerprint density at radius 1 is 1.25 bits per heavy atom. The summed E-state index contributed by atoms with van der Waals surface area (Å²) in [5.74, 6) is 0.525. The van der Waals surface area contributed by atoms with E-state index in [2.05, 4.69) is 15.6 Å². The Balaban J connectivity index is 1.87. The minimum absolute atomic E-state index is 0.525. The van der Waals surface area contributed by atoms with Gasteiger partial charge in [-0.15, -0.1) is 5.10 Å². The van der Waals surface area contributed by atoms with Gasteiger partial charge in [-0.2, -0.15) is 0 Å². The van der Waals surface area contributed by atoms with Gasteiger partial charge in [-0.1, -0.05) is 23.4 Å². The van der Waals surface area contributed by atoms with Crippen molar-refractivity contribution in [3.8, 4) is 5.69 Å². The maximum Gasteiger partial charge on any atom is 0.0875 e. The van der Waals surface area contributed by atoms with E-state index in [0.29, 0.717) is 5.92 Å². The maximum atomic E-state index is 4.25. The lowest BCUT2D eigenvalue weighted by Crippen LogP contribution is -2.08. The summed E-state index contributed by atoms with van der Waals surface area (Å²) in [6.07, 6.45) is 3.19. The van der Waals surface area contributed by atoms with Crippen molar-refractivity contribution in [2.24, 2.45) is 0 Å². The summed E-state index contributed by atoms with van der Waals surface area (Å²) >= 11 is 0. The van der Waals surface area contributed by atoms with E-state index in [0.717, 1.165) is 30.9 Å². The third-order valence-corrected chi connectivity index (χ3v) is 3.01. The van der Waals surface area contributed by atoms with Gasteiger partial charge in [-0.25, -0.2) is 4.68 Å². The predicted molar refractivity (Wildman–Crippen MR) is 61.6 cm³/mol. The number of para-hydroxylation sites is 1. The molecule has 3 rings (SSSR count). The summed E-state index contributed by atoms with van der Waals surface area (Å²) in [5.41, 5.74) is 2.15. The first-order valence-corrected chi connectivity index (χ1v) is 5.62. The molecule has 82 valence electrons. The summed E-state index contributed by atoms with van der Waals surface area (Å²) in [6, 6.07) is 10.1. The van der Waals surface area contributed by atoms with Gasteiger partial charge in [0.2, 0.25) is 0 Å². The average Bonchev–Trinajstić information content (AvgIpc) is 3.01. The zero-order chi connectivity index (χ0) is 10.8. The van der Waals surface area contributed by atoms with Gasteiger partial charge in [0.05, 0.1) is 17.6 Å². The lowest BCUT2D eigenvalue weighted by Gasteiger charge is -2.01. The zero-order valence-electron chi connectivity index (χ0n) is 9.00. The highest BCUT2D eigenvalue weighted by Crippen LogP contribution is 2.20. The standard InChI is InChI=1S/C12H14N4/c1-2-4-11(5-3-1)16-9-12(14-15-16)10-6-7-13-8-10/h1-5,9-10,13H,6-8H2. The van der Waals surface area contributed by atoms with E-state index in [1.54, 1.807) is 0 Å². The lowest BCUT2D eigenvalue weighted by atomic mass is 10.1. The predicted octanol–water partition coefficient (Wildman–Crippen LogP) is 1.34. The normalized spacial score (nSPS) is 20.1. The molecule has 1 aromatic heterocycles. The quantitative estimate of drug-likeness (QED) is 0.820. The third kappa shape index (κ3) is 1.72. The van der Waals surface area contributed by atoms with Crippen LogP contribution in [0, 0.1) is 0 Å². The minimum atomic E-state index is 0.525. The second-order valence-electron chi connectivity index (χ2n) is 4.11. The Kier molecular flexibility index (Phi) is 2.42. The Morgan fingerprint density at radius 3 is 2.88 bits per heavy atom. The fourth-order valence-corrected chi connectivity index (χ4v) is 2.08. The van der Waals surface area contributed by atoms with Gasteiger partial charge in [-0.05, 0) is 25.1 Å². The minimum Gasteiger partial charge on any atom is -0.316 e. The number of hydrogen-bond acceptors (Lipinski definition) is 3. The number of rotatable bonds is 2. The van der Waals surface area contributed by atoms with Crippen molar-refractivity contribution >= 4 is 0 Å². The molecular formula is C12H14N4. The molecule has 1 aliphatic rings. The maximum absolute atomic E-state index is 4.25. The van der Waals surface area contributed by atoms with E-state index >= 15 is 0 Å². The van der Waals surface area contributed by atoms with Crippen LogP contribution in [0.3, 0.4) is 0 Å². The summed E-state index contributed by atoms with van der Waals surface area (Å²) in [7, 11) is 0. The molecule has 0 amide bonds. The Hall–Kier alpha value is -1.68. The molecule has 0 aliphatic carbocycles. The highest BCUT2D eigenvalue weighted by molar-refractivity contribution is 5.30. The second-order valence-corrected chi connectivity index (χ2v) is 4.11. The van der Waals surface area contributed by atoms with Crippen molar-refractivity contribution in [3.63, 3.8) is 0 Å². The molecule has 0 radical (unpaired) electrons. The van der Waals surface area contributed by atoms with Gasteiger partial charge < -0.3 is 5.32 Å². The van der Waals surface area contributed by atoms with Crippen LogP contribution in [0.4, 0.5) is 0 Å². The molecule has 1 atom stereocenters. The van der Waals surface area contributed by atoms with Crippen LogP contribution in [0.25, 0.3) is 5.69 Å². The molecule has 1 N–H and O–H groups in total. The van der Waals surface area contributed by atoms with Gasteiger partial charge in [0.1, 0.15) is 0 Å². The van der Waals surface area contributed by atoms with E-state index in [-0.39, 0.29) is 0 Å².